The Labute approximate surface area is 200 Å². The molecule has 3 rings (SSSR count). The largest absolute Gasteiger partial charge is 0.340 e. The van der Waals surface area contributed by atoms with Crippen molar-refractivity contribution in [2.45, 2.75) is 56.1 Å². The van der Waals surface area contributed by atoms with Crippen LogP contribution in [0.25, 0.3) is 11.0 Å². The van der Waals surface area contributed by atoms with Crippen molar-refractivity contribution in [1.82, 2.24) is 18.8 Å². The molecule has 0 aliphatic carbocycles. The second-order valence-corrected chi connectivity index (χ2v) is 11.1. The predicted octanol–water partition coefficient (Wildman–Crippen LogP) is 4.23. The summed E-state index contributed by atoms with van der Waals surface area (Å²) in [4.78, 5) is 19.6. The van der Waals surface area contributed by atoms with Gasteiger partial charge in [0.25, 0.3) is 0 Å². The molecule has 0 saturated carbocycles. The van der Waals surface area contributed by atoms with Gasteiger partial charge in [-0.05, 0) is 37.6 Å². The molecular weight excluding hydrogens is 456 g/mol. The first kappa shape index (κ1) is 25.3. The van der Waals surface area contributed by atoms with Crippen LogP contribution in [0.5, 0.6) is 0 Å². The van der Waals surface area contributed by atoms with Gasteiger partial charge in [-0.25, -0.2) is 13.4 Å². The molecule has 0 aliphatic rings. The molecule has 2 aromatic carbocycles. The Kier molecular flexibility index (Phi) is 8.20. The highest BCUT2D eigenvalue weighted by molar-refractivity contribution is 8.00. The fourth-order valence-corrected chi connectivity index (χ4v) is 6.39. The quantitative estimate of drug-likeness (QED) is 0.399. The molecule has 1 amide bonds. The fourth-order valence-electron chi connectivity index (χ4n) is 3.81. The Hall–Kier alpha value is -2.36. The zero-order valence-electron chi connectivity index (χ0n) is 19.9. The summed E-state index contributed by atoms with van der Waals surface area (Å²) in [6.07, 6.45) is 0. The van der Waals surface area contributed by atoms with Crippen LogP contribution < -0.4 is 0 Å². The van der Waals surface area contributed by atoms with E-state index in [1.165, 1.54) is 16.1 Å². The molecule has 0 bridgehead atoms. The van der Waals surface area contributed by atoms with E-state index in [1.54, 1.807) is 30.1 Å². The van der Waals surface area contributed by atoms with Crippen LogP contribution in [0, 0.1) is 0 Å². The number of hydrogen-bond donors (Lipinski definition) is 0. The lowest BCUT2D eigenvalue weighted by Crippen LogP contribution is -2.32. The minimum absolute atomic E-state index is 0.0170. The Morgan fingerprint density at radius 1 is 1.09 bits per heavy atom. The summed E-state index contributed by atoms with van der Waals surface area (Å²) in [6.45, 7) is 9.59. The zero-order chi connectivity index (χ0) is 24.2. The number of benzene rings is 2. The molecule has 0 spiro atoms. The van der Waals surface area contributed by atoms with Gasteiger partial charge in [-0.2, -0.15) is 4.31 Å². The highest BCUT2D eigenvalue weighted by Gasteiger charge is 2.25. The molecule has 33 heavy (non-hydrogen) atoms. The van der Waals surface area contributed by atoms with E-state index in [0.29, 0.717) is 36.9 Å². The molecular formula is C24H32N4O3S2. The van der Waals surface area contributed by atoms with E-state index in [1.807, 2.05) is 62.6 Å². The third-order valence-corrected chi connectivity index (χ3v) is 8.74. The Morgan fingerprint density at radius 3 is 2.36 bits per heavy atom. The first-order valence-corrected chi connectivity index (χ1v) is 13.5. The van der Waals surface area contributed by atoms with E-state index in [4.69, 9.17) is 4.98 Å². The van der Waals surface area contributed by atoms with Gasteiger partial charge in [0.05, 0.1) is 21.2 Å². The van der Waals surface area contributed by atoms with E-state index < -0.39 is 10.0 Å². The molecule has 178 valence electrons. The Balaban J connectivity index is 1.84. The summed E-state index contributed by atoms with van der Waals surface area (Å²) in [7, 11) is -1.76. The predicted molar refractivity (Wildman–Crippen MR) is 134 cm³/mol. The number of nitrogens with zero attached hydrogens (tertiary/aromatic N) is 4. The Morgan fingerprint density at radius 2 is 1.76 bits per heavy atom. The number of rotatable bonds is 10. The van der Waals surface area contributed by atoms with Gasteiger partial charge in [-0.15, -0.1) is 0 Å². The van der Waals surface area contributed by atoms with Gasteiger partial charge in [0.2, 0.25) is 15.9 Å². The number of aromatic nitrogens is 2. The summed E-state index contributed by atoms with van der Waals surface area (Å²) >= 11 is 1.40. The van der Waals surface area contributed by atoms with Gasteiger partial charge in [-0.1, -0.05) is 55.9 Å². The molecule has 0 aliphatic heterocycles. The third-order valence-electron chi connectivity index (χ3n) is 5.61. The maximum Gasteiger partial charge on any atom is 0.243 e. The lowest BCUT2D eigenvalue weighted by molar-refractivity contribution is -0.129. The van der Waals surface area contributed by atoms with Crippen molar-refractivity contribution in [3.05, 3.63) is 54.1 Å². The van der Waals surface area contributed by atoms with E-state index in [9.17, 15) is 13.2 Å². The van der Waals surface area contributed by atoms with Crippen LogP contribution in [0.2, 0.25) is 0 Å². The molecule has 1 atom stereocenters. The van der Waals surface area contributed by atoms with Crippen molar-refractivity contribution < 1.29 is 13.2 Å². The van der Waals surface area contributed by atoms with Crippen molar-refractivity contribution in [1.29, 1.82) is 0 Å². The topological polar surface area (TPSA) is 75.5 Å². The number of hydrogen-bond acceptors (Lipinski definition) is 5. The molecule has 3 aromatic rings. The second-order valence-electron chi connectivity index (χ2n) is 7.82. The van der Waals surface area contributed by atoms with Crippen molar-refractivity contribution in [2.24, 2.45) is 0 Å². The number of imidazole rings is 1. The van der Waals surface area contributed by atoms with E-state index in [0.717, 1.165) is 11.1 Å². The highest BCUT2D eigenvalue weighted by atomic mass is 32.2. The van der Waals surface area contributed by atoms with Gasteiger partial charge in [0.1, 0.15) is 0 Å². The number of amides is 1. The van der Waals surface area contributed by atoms with Gasteiger partial charge < -0.3 is 9.47 Å². The summed E-state index contributed by atoms with van der Waals surface area (Å²) in [5.41, 5.74) is 2.55. The van der Waals surface area contributed by atoms with E-state index in [2.05, 4.69) is 0 Å². The maximum absolute atomic E-state index is 13.0. The molecule has 9 heteroatoms. The Bertz CT molecular complexity index is 1210. The van der Waals surface area contributed by atoms with Crippen LogP contribution in [0.1, 0.15) is 33.3 Å². The fraction of sp³-hybridized carbons (Fsp3) is 0.417. The summed E-state index contributed by atoms with van der Waals surface area (Å²) in [6, 6.07) is 15.0. The van der Waals surface area contributed by atoms with Crippen LogP contribution >= 0.6 is 11.8 Å². The molecule has 7 nitrogen and oxygen atoms in total. The third kappa shape index (κ3) is 5.42. The normalized spacial score (nSPS) is 12.9. The summed E-state index contributed by atoms with van der Waals surface area (Å²) in [5, 5.41) is 0.374. The van der Waals surface area contributed by atoms with Crippen LogP contribution in [0.3, 0.4) is 0 Å². The number of carbonyl (C=O) groups excluding carboxylic acids is 1. The molecule has 1 aromatic heterocycles. The number of fused-ring (bicyclic) bond motifs is 1. The summed E-state index contributed by atoms with van der Waals surface area (Å²) in [5.74, 6) is 0.0170. The number of thioether (sulfide) groups is 1. The first-order chi connectivity index (χ1) is 15.7. The van der Waals surface area contributed by atoms with E-state index >= 15 is 0 Å². The van der Waals surface area contributed by atoms with Gasteiger partial charge in [0, 0.05) is 33.2 Å². The van der Waals surface area contributed by atoms with Crippen molar-refractivity contribution in [2.75, 3.05) is 20.1 Å². The SMILES string of the molecule is CCN(CC)S(=O)(=O)c1ccc2c(c1)nc(SC(C)C(=O)N(C)Cc1ccccc1)n2CC. The summed E-state index contributed by atoms with van der Waals surface area (Å²) < 4.78 is 29.3. The molecule has 1 heterocycles. The van der Waals surface area contributed by atoms with Crippen LogP contribution in [-0.4, -0.2) is 58.5 Å². The molecule has 0 radical (unpaired) electrons. The van der Waals surface area contributed by atoms with E-state index in [-0.39, 0.29) is 16.1 Å². The lowest BCUT2D eigenvalue weighted by Gasteiger charge is -2.21. The maximum atomic E-state index is 13.0. The number of carbonyl (C=O) groups is 1. The number of aryl methyl sites for hydroxylation is 1. The monoisotopic (exact) mass is 488 g/mol. The molecule has 1 unspecified atom stereocenters. The second kappa shape index (κ2) is 10.7. The van der Waals surface area contributed by atoms with Crippen molar-refractivity contribution in [3.63, 3.8) is 0 Å². The van der Waals surface area contributed by atoms with Crippen LogP contribution in [0.4, 0.5) is 0 Å². The van der Waals surface area contributed by atoms with Crippen LogP contribution in [-0.2, 0) is 27.9 Å². The average Bonchev–Trinajstić information content (AvgIpc) is 3.15. The average molecular weight is 489 g/mol. The number of sulfonamides is 1. The molecule has 0 N–H and O–H groups in total. The zero-order valence-corrected chi connectivity index (χ0v) is 21.5. The van der Waals surface area contributed by atoms with Crippen molar-refractivity contribution >= 4 is 38.7 Å². The smallest absolute Gasteiger partial charge is 0.243 e. The van der Waals surface area contributed by atoms with Crippen LogP contribution in [0.15, 0.2) is 58.6 Å². The first-order valence-electron chi connectivity index (χ1n) is 11.2. The lowest BCUT2D eigenvalue weighted by atomic mass is 10.2. The van der Waals surface area contributed by atoms with Gasteiger partial charge in [0.15, 0.2) is 5.16 Å². The molecule has 0 fully saturated rings. The minimum atomic E-state index is -3.56. The van der Waals surface area contributed by atoms with Gasteiger partial charge >= 0.3 is 0 Å². The standard InChI is InChI=1S/C24H32N4O3S2/c1-6-27(7-2)33(30,31)20-14-15-22-21(16-20)25-24(28(22)8-3)32-18(4)23(29)26(5)17-19-12-10-9-11-13-19/h9-16,18H,6-8,17H2,1-5H3. The minimum Gasteiger partial charge on any atom is -0.340 e. The van der Waals surface area contributed by atoms with Crippen molar-refractivity contribution in [3.8, 4) is 0 Å². The highest BCUT2D eigenvalue weighted by Crippen LogP contribution is 2.30. The molecule has 0 saturated heterocycles. The van der Waals surface area contributed by atoms with Gasteiger partial charge in [-0.3, -0.25) is 4.79 Å².